The Morgan fingerprint density at radius 3 is 2.63 bits per heavy atom. The summed E-state index contributed by atoms with van der Waals surface area (Å²) in [6.45, 7) is 10.4. The summed E-state index contributed by atoms with van der Waals surface area (Å²) in [5, 5.41) is 7.02. The predicted molar refractivity (Wildman–Crippen MR) is 137 cm³/mol. The Morgan fingerprint density at radius 2 is 1.91 bits per heavy atom. The standard InChI is InChI=1S/C26H33ClN6O2/c1-14(2)28-12-19(17-5-7-18(27)8-6-17)26(35)33-10-9-32(22-16(4)23(22)33)25-21-15(3)11-20(34)31-24(21)29-13-30-25/h5-8,13-16,19,22-23,28H,9-12H2,1-4H3,(H,29,30,31,34)/t15-,16+,19-,22?,23+/m1/s1. The number of nitrogens with zero attached hydrogens (tertiary/aromatic N) is 4. The molecule has 0 bridgehead atoms. The van der Waals surface area contributed by atoms with E-state index in [1.165, 1.54) is 6.33 Å². The fourth-order valence-corrected chi connectivity index (χ4v) is 5.83. The normalized spacial score (nSPS) is 26.2. The Bertz CT molecular complexity index is 1120. The van der Waals surface area contributed by atoms with Crippen LogP contribution in [0, 0.1) is 5.92 Å². The van der Waals surface area contributed by atoms with Crippen molar-refractivity contribution >= 4 is 35.1 Å². The van der Waals surface area contributed by atoms with Crippen LogP contribution in [0.5, 0.6) is 0 Å². The van der Waals surface area contributed by atoms with Crippen molar-refractivity contribution < 1.29 is 9.59 Å². The van der Waals surface area contributed by atoms with E-state index >= 15 is 0 Å². The minimum atomic E-state index is -0.267. The molecule has 2 aromatic rings. The second-order valence-corrected chi connectivity index (χ2v) is 10.8. The number of anilines is 2. The Labute approximate surface area is 211 Å². The van der Waals surface area contributed by atoms with Gasteiger partial charge in [0, 0.05) is 48.6 Å². The first-order valence-electron chi connectivity index (χ1n) is 12.5. The molecule has 3 heterocycles. The van der Waals surface area contributed by atoms with Gasteiger partial charge in [-0.05, 0) is 23.6 Å². The number of amides is 2. The van der Waals surface area contributed by atoms with Crippen LogP contribution in [-0.4, -0.2) is 64.4 Å². The summed E-state index contributed by atoms with van der Waals surface area (Å²) in [5.41, 5.74) is 1.99. The zero-order valence-corrected chi connectivity index (χ0v) is 21.4. The fourth-order valence-electron chi connectivity index (χ4n) is 5.70. The summed E-state index contributed by atoms with van der Waals surface area (Å²) in [5.74, 6) is 1.78. The zero-order valence-electron chi connectivity index (χ0n) is 20.7. The SMILES string of the molecule is CC(C)NC[C@@H](C(=O)N1CCN(c2ncnc3c2[C@H](C)CC(=O)N3)C2[C@@H]1[C@H]2C)c1ccc(Cl)cc1. The number of rotatable bonds is 6. The number of fused-ring (bicyclic) bond motifs is 2. The summed E-state index contributed by atoms with van der Waals surface area (Å²) >= 11 is 6.11. The van der Waals surface area contributed by atoms with E-state index in [2.05, 4.69) is 58.1 Å². The highest BCUT2D eigenvalue weighted by Crippen LogP contribution is 2.48. The molecule has 2 amide bonds. The maximum Gasteiger partial charge on any atom is 0.231 e. The molecule has 0 radical (unpaired) electrons. The van der Waals surface area contributed by atoms with Crippen molar-refractivity contribution in [3.8, 4) is 0 Å². The zero-order chi connectivity index (χ0) is 24.9. The van der Waals surface area contributed by atoms with E-state index in [-0.39, 0.29) is 41.8 Å². The van der Waals surface area contributed by atoms with Gasteiger partial charge in [-0.3, -0.25) is 9.59 Å². The van der Waals surface area contributed by atoms with Crippen LogP contribution in [0.1, 0.15) is 57.1 Å². The molecule has 2 aliphatic heterocycles. The van der Waals surface area contributed by atoms with E-state index in [1.54, 1.807) is 0 Å². The van der Waals surface area contributed by atoms with E-state index < -0.39 is 0 Å². The quantitative estimate of drug-likeness (QED) is 0.637. The molecule has 2 fully saturated rings. The van der Waals surface area contributed by atoms with Crippen molar-refractivity contribution in [3.05, 3.63) is 46.7 Å². The highest BCUT2D eigenvalue weighted by molar-refractivity contribution is 6.30. The van der Waals surface area contributed by atoms with Gasteiger partial charge < -0.3 is 20.4 Å². The molecule has 1 unspecified atom stereocenters. The van der Waals surface area contributed by atoms with Crippen LogP contribution in [-0.2, 0) is 9.59 Å². The smallest absolute Gasteiger partial charge is 0.231 e. The van der Waals surface area contributed by atoms with Crippen LogP contribution in [0.3, 0.4) is 0 Å². The largest absolute Gasteiger partial charge is 0.349 e. The Kier molecular flexibility index (Phi) is 6.44. The van der Waals surface area contributed by atoms with Crippen LogP contribution in [0.4, 0.5) is 11.6 Å². The van der Waals surface area contributed by atoms with E-state index in [0.717, 1.165) is 16.9 Å². The molecular weight excluding hydrogens is 464 g/mol. The molecule has 9 heteroatoms. The minimum absolute atomic E-state index is 0.00835. The average Bonchev–Trinajstić information content (AvgIpc) is 3.50. The third-order valence-corrected chi connectivity index (χ3v) is 7.80. The molecule has 1 aromatic heterocycles. The van der Waals surface area contributed by atoms with Crippen LogP contribution in [0.2, 0.25) is 5.02 Å². The van der Waals surface area contributed by atoms with Crippen LogP contribution in [0.15, 0.2) is 30.6 Å². The Balaban J connectivity index is 1.39. The number of piperazine rings is 1. The van der Waals surface area contributed by atoms with Gasteiger partial charge in [-0.1, -0.05) is 51.4 Å². The van der Waals surface area contributed by atoms with Crippen molar-refractivity contribution in [1.82, 2.24) is 20.2 Å². The molecule has 35 heavy (non-hydrogen) atoms. The molecule has 0 spiro atoms. The fraction of sp³-hybridized carbons (Fsp3) is 0.538. The van der Waals surface area contributed by atoms with Gasteiger partial charge in [0.1, 0.15) is 18.0 Å². The lowest BCUT2D eigenvalue weighted by Crippen LogP contribution is -2.51. The number of hydrogen-bond acceptors (Lipinski definition) is 6. The number of aromatic nitrogens is 2. The van der Waals surface area contributed by atoms with Crippen molar-refractivity contribution in [2.45, 2.75) is 64.1 Å². The minimum Gasteiger partial charge on any atom is -0.349 e. The maximum atomic E-state index is 13.9. The highest BCUT2D eigenvalue weighted by atomic mass is 35.5. The summed E-state index contributed by atoms with van der Waals surface area (Å²) in [6.07, 6.45) is 1.96. The van der Waals surface area contributed by atoms with Crippen molar-refractivity contribution in [2.24, 2.45) is 5.92 Å². The highest BCUT2D eigenvalue weighted by Gasteiger charge is 2.59. The van der Waals surface area contributed by atoms with E-state index in [0.29, 0.717) is 42.8 Å². The number of hydrogen-bond donors (Lipinski definition) is 2. The van der Waals surface area contributed by atoms with Gasteiger partial charge in [-0.15, -0.1) is 0 Å². The lowest BCUT2D eigenvalue weighted by atomic mass is 9.94. The topological polar surface area (TPSA) is 90.5 Å². The predicted octanol–water partition coefficient (Wildman–Crippen LogP) is 3.39. The summed E-state index contributed by atoms with van der Waals surface area (Å²) in [7, 11) is 0. The van der Waals surface area contributed by atoms with Crippen molar-refractivity contribution in [3.63, 3.8) is 0 Å². The van der Waals surface area contributed by atoms with Crippen LogP contribution < -0.4 is 15.5 Å². The van der Waals surface area contributed by atoms with Crippen molar-refractivity contribution in [1.29, 1.82) is 0 Å². The number of nitrogens with one attached hydrogen (secondary N) is 2. The van der Waals surface area contributed by atoms with E-state index in [4.69, 9.17) is 11.6 Å². The molecule has 1 saturated heterocycles. The number of carbonyl (C=O) groups excluding carboxylic acids is 2. The van der Waals surface area contributed by atoms with Crippen LogP contribution >= 0.6 is 11.6 Å². The van der Waals surface area contributed by atoms with Gasteiger partial charge in [0.25, 0.3) is 0 Å². The van der Waals surface area contributed by atoms with Gasteiger partial charge in [0.15, 0.2) is 0 Å². The second-order valence-electron chi connectivity index (χ2n) is 10.3. The third kappa shape index (κ3) is 4.49. The average molecular weight is 497 g/mol. The van der Waals surface area contributed by atoms with E-state index in [9.17, 15) is 9.59 Å². The lowest BCUT2D eigenvalue weighted by Gasteiger charge is -2.38. The van der Waals surface area contributed by atoms with Crippen LogP contribution in [0.25, 0.3) is 0 Å². The first-order chi connectivity index (χ1) is 16.8. The van der Waals surface area contributed by atoms with Gasteiger partial charge in [0.2, 0.25) is 11.8 Å². The summed E-state index contributed by atoms with van der Waals surface area (Å²) in [6, 6.07) is 8.26. The molecule has 1 aliphatic carbocycles. The van der Waals surface area contributed by atoms with Gasteiger partial charge >= 0.3 is 0 Å². The number of benzene rings is 1. The molecule has 3 aliphatic rings. The first-order valence-corrected chi connectivity index (χ1v) is 12.8. The Hall–Kier alpha value is -2.71. The first kappa shape index (κ1) is 24.0. The maximum absolute atomic E-state index is 13.9. The molecule has 1 aromatic carbocycles. The molecule has 186 valence electrons. The van der Waals surface area contributed by atoms with Gasteiger partial charge in [0.05, 0.1) is 18.0 Å². The molecule has 8 nitrogen and oxygen atoms in total. The summed E-state index contributed by atoms with van der Waals surface area (Å²) < 4.78 is 0. The molecule has 5 atom stereocenters. The third-order valence-electron chi connectivity index (χ3n) is 7.55. The second kappa shape index (κ2) is 9.39. The molecular formula is C26H33ClN6O2. The number of halogens is 1. The molecule has 1 saturated carbocycles. The number of carbonyl (C=O) groups is 2. The van der Waals surface area contributed by atoms with Gasteiger partial charge in [-0.25, -0.2) is 9.97 Å². The Morgan fingerprint density at radius 1 is 1.17 bits per heavy atom. The molecule has 5 rings (SSSR count). The van der Waals surface area contributed by atoms with Gasteiger partial charge in [-0.2, -0.15) is 0 Å². The van der Waals surface area contributed by atoms with E-state index in [1.807, 2.05) is 24.3 Å². The summed E-state index contributed by atoms with van der Waals surface area (Å²) in [4.78, 5) is 39.3. The molecule has 2 N–H and O–H groups in total. The van der Waals surface area contributed by atoms with Crippen molar-refractivity contribution in [2.75, 3.05) is 29.9 Å². The monoisotopic (exact) mass is 496 g/mol. The lowest BCUT2D eigenvalue weighted by molar-refractivity contribution is -0.134.